The summed E-state index contributed by atoms with van der Waals surface area (Å²) in [5.74, 6) is 2.34. The number of furan rings is 1. The smallest absolute Gasteiger partial charge is 0.290 e. The van der Waals surface area contributed by atoms with E-state index in [1.165, 1.54) is 0 Å². The molecular weight excluding hydrogens is 422 g/mol. The van der Waals surface area contributed by atoms with Crippen LogP contribution in [-0.4, -0.2) is 36.9 Å². The van der Waals surface area contributed by atoms with Crippen LogP contribution in [0.2, 0.25) is 0 Å². The molecule has 1 aromatic heterocycles. The number of hydrogen-bond acceptors (Lipinski definition) is 6. The van der Waals surface area contributed by atoms with Crippen molar-refractivity contribution in [3.8, 4) is 11.5 Å². The number of amides is 1. The number of carbonyl (C=O) groups excluding carboxylic acids is 2. The van der Waals surface area contributed by atoms with Crippen molar-refractivity contribution < 1.29 is 28.2 Å². The average molecular weight is 452 g/mol. The molecule has 5 unspecified atom stereocenters. The Morgan fingerprint density at radius 3 is 2.48 bits per heavy atom. The molecule has 7 heteroatoms. The van der Waals surface area contributed by atoms with Gasteiger partial charge in [0.1, 0.15) is 11.9 Å². The van der Waals surface area contributed by atoms with Crippen LogP contribution < -0.4 is 9.47 Å². The van der Waals surface area contributed by atoms with Crippen LogP contribution >= 0.6 is 0 Å². The Labute approximate surface area is 193 Å². The Bertz CT molecular complexity index is 1100. The van der Waals surface area contributed by atoms with Crippen LogP contribution in [0.4, 0.5) is 0 Å². The minimum Gasteiger partial charge on any atom is -0.493 e. The topological polar surface area (TPSA) is 78.2 Å². The van der Waals surface area contributed by atoms with E-state index in [0.717, 1.165) is 18.4 Å². The zero-order valence-corrected chi connectivity index (χ0v) is 19.4. The van der Waals surface area contributed by atoms with Crippen LogP contribution in [0.15, 0.2) is 52.3 Å². The van der Waals surface area contributed by atoms with Crippen molar-refractivity contribution in [3.63, 3.8) is 0 Å². The Kier molecular flexibility index (Phi) is 5.43. The summed E-state index contributed by atoms with van der Waals surface area (Å²) in [5.41, 5.74) is 1.21. The third-order valence-corrected chi connectivity index (χ3v) is 7.44. The number of methoxy groups -OCH3 is 2. The van der Waals surface area contributed by atoms with E-state index in [4.69, 9.17) is 18.6 Å². The zero-order valence-electron chi connectivity index (χ0n) is 19.4. The highest BCUT2D eigenvalue weighted by atomic mass is 16.5. The normalized spacial score (nSPS) is 29.0. The molecule has 1 aliphatic carbocycles. The number of nitrogens with zero attached hydrogens (tertiary/aromatic N) is 1. The second kappa shape index (κ2) is 8.28. The van der Waals surface area contributed by atoms with Gasteiger partial charge in [-0.15, -0.1) is 0 Å². The molecule has 174 valence electrons. The monoisotopic (exact) mass is 451 g/mol. The Balaban J connectivity index is 1.60. The van der Waals surface area contributed by atoms with E-state index in [1.54, 1.807) is 37.5 Å². The third kappa shape index (κ3) is 3.50. The predicted octanol–water partition coefficient (Wildman–Crippen LogP) is 4.28. The highest BCUT2D eigenvalue weighted by Crippen LogP contribution is 2.49. The van der Waals surface area contributed by atoms with Crippen molar-refractivity contribution in [2.45, 2.75) is 45.4 Å². The average Bonchev–Trinajstić information content (AvgIpc) is 3.42. The molecule has 1 fully saturated rings. The van der Waals surface area contributed by atoms with Gasteiger partial charge >= 0.3 is 0 Å². The van der Waals surface area contributed by atoms with Gasteiger partial charge in [0.05, 0.1) is 44.6 Å². The van der Waals surface area contributed by atoms with E-state index >= 15 is 0 Å². The number of Topliss-reactive ketones (excluding diaryl/α,β-unsaturated/α-hetero) is 1. The molecule has 0 saturated heterocycles. The molecule has 33 heavy (non-hydrogen) atoms. The highest BCUT2D eigenvalue weighted by Gasteiger charge is 2.53. The first-order valence-corrected chi connectivity index (χ1v) is 11.4. The molecule has 2 aliphatic heterocycles. The molecule has 3 heterocycles. The van der Waals surface area contributed by atoms with Gasteiger partial charge in [0, 0.05) is 0 Å². The van der Waals surface area contributed by atoms with Crippen LogP contribution in [0.1, 0.15) is 44.1 Å². The summed E-state index contributed by atoms with van der Waals surface area (Å²) in [6.45, 7) is 4.61. The molecule has 0 bridgehead atoms. The van der Waals surface area contributed by atoms with Crippen LogP contribution in [0.25, 0.3) is 0 Å². The number of benzene rings is 1. The first kappa shape index (κ1) is 21.6. The molecule has 5 rings (SSSR count). The van der Waals surface area contributed by atoms with E-state index in [1.807, 2.05) is 18.2 Å². The van der Waals surface area contributed by atoms with Crippen molar-refractivity contribution in [2.75, 3.05) is 14.2 Å². The zero-order chi connectivity index (χ0) is 23.3. The molecule has 1 aromatic carbocycles. The number of ketones is 1. The summed E-state index contributed by atoms with van der Waals surface area (Å²) in [7, 11) is 3.14. The van der Waals surface area contributed by atoms with E-state index in [-0.39, 0.29) is 36.0 Å². The van der Waals surface area contributed by atoms with Crippen LogP contribution in [0, 0.1) is 17.8 Å². The minimum atomic E-state index is -0.583. The van der Waals surface area contributed by atoms with E-state index in [0.29, 0.717) is 34.7 Å². The van der Waals surface area contributed by atoms with Gasteiger partial charge in [0.25, 0.3) is 5.91 Å². The van der Waals surface area contributed by atoms with E-state index in [2.05, 4.69) is 13.8 Å². The number of fused-ring (bicyclic) bond motifs is 1. The fourth-order valence-electron chi connectivity index (χ4n) is 5.41. The summed E-state index contributed by atoms with van der Waals surface area (Å²) >= 11 is 0. The van der Waals surface area contributed by atoms with Gasteiger partial charge in [-0.25, -0.2) is 0 Å². The number of hydrogen-bond donors (Lipinski definition) is 0. The molecule has 0 radical (unpaired) electrons. The molecule has 1 amide bonds. The summed E-state index contributed by atoms with van der Waals surface area (Å²) in [4.78, 5) is 29.1. The van der Waals surface area contributed by atoms with Gasteiger partial charge in [-0.3, -0.25) is 9.59 Å². The molecule has 5 atom stereocenters. The predicted molar refractivity (Wildman–Crippen MR) is 120 cm³/mol. The van der Waals surface area contributed by atoms with E-state index in [9.17, 15) is 9.59 Å². The standard InChI is InChI=1S/C26H29NO6/c1-14-10-18-20(11-15(14)2)33-25-22(24(18)28)23(16-7-8-19(30-3)21(12-16)31-4)27(26(25)29)13-17-6-5-9-32-17/h5-9,12,14-15,18,20,23H,10-11,13H2,1-4H3. The van der Waals surface area contributed by atoms with Crippen LogP contribution in [-0.2, 0) is 20.9 Å². The Hall–Kier alpha value is -3.22. The van der Waals surface area contributed by atoms with E-state index < -0.39 is 6.04 Å². The van der Waals surface area contributed by atoms with Crippen LogP contribution in [0.3, 0.4) is 0 Å². The maximum absolute atomic E-state index is 13.9. The van der Waals surface area contributed by atoms with Gasteiger partial charge in [-0.05, 0) is 54.5 Å². The highest BCUT2D eigenvalue weighted by molar-refractivity contribution is 6.11. The summed E-state index contributed by atoms with van der Waals surface area (Å²) < 4.78 is 22.7. The lowest BCUT2D eigenvalue weighted by molar-refractivity contribution is -0.137. The molecule has 7 nitrogen and oxygen atoms in total. The molecule has 0 spiro atoms. The number of ether oxygens (including phenoxy) is 3. The maximum atomic E-state index is 13.9. The fraction of sp³-hybridized carbons (Fsp3) is 0.462. The van der Waals surface area contributed by atoms with Gasteiger partial charge in [-0.2, -0.15) is 0 Å². The van der Waals surface area contributed by atoms with Gasteiger partial charge in [0.15, 0.2) is 23.0 Å². The second-order valence-electron chi connectivity index (χ2n) is 9.33. The Morgan fingerprint density at radius 2 is 1.79 bits per heavy atom. The van der Waals surface area contributed by atoms with Crippen molar-refractivity contribution in [3.05, 3.63) is 59.3 Å². The molecule has 1 saturated carbocycles. The SMILES string of the molecule is COc1ccc(C2C3=C(OC4CC(C)C(C)CC4C3=O)C(=O)N2Cc2ccco2)cc1OC. The second-order valence-corrected chi connectivity index (χ2v) is 9.33. The number of rotatable bonds is 5. The lowest BCUT2D eigenvalue weighted by Gasteiger charge is -2.40. The van der Waals surface area contributed by atoms with Crippen molar-refractivity contribution in [1.82, 2.24) is 4.90 Å². The third-order valence-electron chi connectivity index (χ3n) is 7.44. The fourth-order valence-corrected chi connectivity index (χ4v) is 5.41. The lowest BCUT2D eigenvalue weighted by Crippen LogP contribution is -2.43. The summed E-state index contributed by atoms with van der Waals surface area (Å²) in [6.07, 6.45) is 2.88. The molecular formula is C26H29NO6. The van der Waals surface area contributed by atoms with Gasteiger partial charge in [-0.1, -0.05) is 19.9 Å². The van der Waals surface area contributed by atoms with Crippen molar-refractivity contribution in [2.24, 2.45) is 17.8 Å². The lowest BCUT2D eigenvalue weighted by atomic mass is 9.70. The van der Waals surface area contributed by atoms with Crippen LogP contribution in [0.5, 0.6) is 11.5 Å². The summed E-state index contributed by atoms with van der Waals surface area (Å²) in [6, 6.07) is 8.52. The maximum Gasteiger partial charge on any atom is 0.290 e. The minimum absolute atomic E-state index is 0.0232. The quantitative estimate of drug-likeness (QED) is 0.675. The Morgan fingerprint density at radius 1 is 1.03 bits per heavy atom. The van der Waals surface area contributed by atoms with Crippen molar-refractivity contribution in [1.29, 1.82) is 0 Å². The molecule has 3 aliphatic rings. The van der Waals surface area contributed by atoms with Gasteiger partial charge in [0.2, 0.25) is 0 Å². The number of carbonyl (C=O) groups is 2. The molecule has 2 aromatic rings. The molecule has 0 N–H and O–H groups in total. The van der Waals surface area contributed by atoms with Crippen molar-refractivity contribution >= 4 is 11.7 Å². The first-order valence-electron chi connectivity index (χ1n) is 11.4. The first-order chi connectivity index (χ1) is 15.9. The summed E-state index contributed by atoms with van der Waals surface area (Å²) in [5, 5.41) is 0. The largest absolute Gasteiger partial charge is 0.493 e. The van der Waals surface area contributed by atoms with Gasteiger partial charge < -0.3 is 23.5 Å².